The van der Waals surface area contributed by atoms with Crippen LogP contribution in [0.4, 0.5) is 5.69 Å². The molecule has 1 atom stereocenters. The van der Waals surface area contributed by atoms with Crippen molar-refractivity contribution in [1.29, 1.82) is 0 Å². The van der Waals surface area contributed by atoms with Crippen LogP contribution in [-0.4, -0.2) is 6.54 Å². The van der Waals surface area contributed by atoms with Gasteiger partial charge < -0.3 is 4.90 Å². The van der Waals surface area contributed by atoms with Crippen LogP contribution in [-0.2, 0) is 6.42 Å². The summed E-state index contributed by atoms with van der Waals surface area (Å²) in [6.45, 7) is 14.4. The molecule has 0 N–H and O–H groups in total. The van der Waals surface area contributed by atoms with Crippen molar-refractivity contribution < 1.29 is 0 Å². The molecule has 1 heterocycles. The first kappa shape index (κ1) is 18.3. The maximum Gasteiger partial charge on any atom is 0.0588 e. The van der Waals surface area contributed by atoms with E-state index in [9.17, 15) is 0 Å². The number of fused-ring (bicyclic) bond motifs is 1. The Labute approximate surface area is 160 Å². The standard InChI is InChI=1S/C23H28BrN/c1-16(2)25-12-11-20(23(3,4)5)19-14-18(15-21(24)22(19)25)13-17-9-7-6-8-10-17/h6-10,14-15,20H,1,11-13H2,2-5H3. The molecule has 132 valence electrons. The highest BCUT2D eigenvalue weighted by atomic mass is 79.9. The molecule has 0 fully saturated rings. The average molecular weight is 398 g/mol. The SMILES string of the molecule is C=C(C)N1CCC(C(C)(C)C)c2cc(Cc3ccccc3)cc(Br)c21. The van der Waals surface area contributed by atoms with Gasteiger partial charge in [0, 0.05) is 16.7 Å². The monoisotopic (exact) mass is 397 g/mol. The fraction of sp³-hybridized carbons (Fsp3) is 0.391. The topological polar surface area (TPSA) is 3.24 Å². The highest BCUT2D eigenvalue weighted by molar-refractivity contribution is 9.10. The molecule has 0 saturated heterocycles. The van der Waals surface area contributed by atoms with Crippen molar-refractivity contribution in [1.82, 2.24) is 0 Å². The molecular weight excluding hydrogens is 370 g/mol. The van der Waals surface area contributed by atoms with E-state index in [-0.39, 0.29) is 5.41 Å². The van der Waals surface area contributed by atoms with Crippen molar-refractivity contribution in [3.05, 3.63) is 75.9 Å². The number of nitrogens with zero attached hydrogens (tertiary/aromatic N) is 1. The van der Waals surface area contributed by atoms with Gasteiger partial charge in [-0.15, -0.1) is 0 Å². The number of anilines is 1. The molecule has 0 bridgehead atoms. The quantitative estimate of drug-likeness (QED) is 0.543. The van der Waals surface area contributed by atoms with Crippen LogP contribution < -0.4 is 4.90 Å². The van der Waals surface area contributed by atoms with Crippen LogP contribution in [0.2, 0.25) is 0 Å². The molecule has 1 aliphatic heterocycles. The molecule has 1 aliphatic rings. The van der Waals surface area contributed by atoms with Crippen LogP contribution in [0, 0.1) is 5.41 Å². The molecule has 25 heavy (non-hydrogen) atoms. The first-order chi connectivity index (χ1) is 11.8. The summed E-state index contributed by atoms with van der Waals surface area (Å²) in [6, 6.07) is 15.4. The zero-order valence-corrected chi connectivity index (χ0v) is 17.4. The first-order valence-electron chi connectivity index (χ1n) is 9.06. The zero-order chi connectivity index (χ0) is 18.2. The van der Waals surface area contributed by atoms with Crippen molar-refractivity contribution in [2.75, 3.05) is 11.4 Å². The normalized spacial score (nSPS) is 17.3. The number of halogens is 1. The van der Waals surface area contributed by atoms with Gasteiger partial charge >= 0.3 is 0 Å². The van der Waals surface area contributed by atoms with Gasteiger partial charge in [0.05, 0.1) is 5.69 Å². The molecule has 3 rings (SSSR count). The van der Waals surface area contributed by atoms with Crippen LogP contribution in [0.15, 0.2) is 59.2 Å². The fourth-order valence-corrected chi connectivity index (χ4v) is 4.71. The van der Waals surface area contributed by atoms with Gasteiger partial charge in [-0.1, -0.05) is 63.7 Å². The minimum atomic E-state index is 0.251. The Morgan fingerprint density at radius 1 is 1.16 bits per heavy atom. The van der Waals surface area contributed by atoms with Gasteiger partial charge in [0.2, 0.25) is 0 Å². The van der Waals surface area contributed by atoms with E-state index >= 15 is 0 Å². The van der Waals surface area contributed by atoms with Crippen LogP contribution in [0.25, 0.3) is 0 Å². The van der Waals surface area contributed by atoms with E-state index in [0.717, 1.165) is 18.7 Å². The Kier molecular flexibility index (Phi) is 5.11. The summed E-state index contributed by atoms with van der Waals surface area (Å²) in [5.74, 6) is 0.560. The Hall–Kier alpha value is -1.54. The lowest BCUT2D eigenvalue weighted by atomic mass is 9.72. The summed E-state index contributed by atoms with van der Waals surface area (Å²) in [7, 11) is 0. The van der Waals surface area contributed by atoms with E-state index < -0.39 is 0 Å². The van der Waals surface area contributed by atoms with E-state index in [4.69, 9.17) is 0 Å². The summed E-state index contributed by atoms with van der Waals surface area (Å²) in [5.41, 5.74) is 6.87. The van der Waals surface area contributed by atoms with Crippen molar-refractivity contribution in [2.45, 2.75) is 46.5 Å². The van der Waals surface area contributed by atoms with Crippen molar-refractivity contribution in [3.63, 3.8) is 0 Å². The summed E-state index contributed by atoms with van der Waals surface area (Å²) >= 11 is 3.87. The van der Waals surface area contributed by atoms with E-state index in [2.05, 4.69) is 97.6 Å². The predicted molar refractivity (Wildman–Crippen MR) is 112 cm³/mol. The van der Waals surface area contributed by atoms with Crippen LogP contribution in [0.1, 0.15) is 56.7 Å². The molecule has 2 aromatic rings. The highest BCUT2D eigenvalue weighted by Gasteiger charge is 2.34. The summed E-state index contributed by atoms with van der Waals surface area (Å²) in [6.07, 6.45) is 2.14. The Morgan fingerprint density at radius 3 is 2.44 bits per heavy atom. The highest BCUT2D eigenvalue weighted by Crippen LogP contribution is 2.49. The molecule has 0 saturated carbocycles. The lowest BCUT2D eigenvalue weighted by molar-refractivity contribution is 0.300. The van der Waals surface area contributed by atoms with Gasteiger partial charge in [0.1, 0.15) is 0 Å². The maximum atomic E-state index is 4.20. The number of rotatable bonds is 3. The second kappa shape index (κ2) is 6.99. The summed E-state index contributed by atoms with van der Waals surface area (Å²) in [4.78, 5) is 2.37. The van der Waals surface area contributed by atoms with E-state index in [1.54, 1.807) is 0 Å². The molecule has 0 aromatic heterocycles. The Bertz CT molecular complexity index is 771. The van der Waals surface area contributed by atoms with Crippen molar-refractivity contribution in [3.8, 4) is 0 Å². The Morgan fingerprint density at radius 2 is 1.84 bits per heavy atom. The maximum absolute atomic E-state index is 4.20. The van der Waals surface area contributed by atoms with Gasteiger partial charge in [-0.3, -0.25) is 0 Å². The Balaban J connectivity index is 2.09. The third-order valence-corrected chi connectivity index (χ3v) is 5.80. The number of allylic oxidation sites excluding steroid dienone is 1. The molecule has 0 amide bonds. The minimum absolute atomic E-state index is 0.251. The van der Waals surface area contributed by atoms with Crippen LogP contribution in [0.3, 0.4) is 0 Å². The van der Waals surface area contributed by atoms with E-state index in [0.29, 0.717) is 5.92 Å². The fourth-order valence-electron chi connectivity index (χ4n) is 3.97. The molecule has 0 spiro atoms. The van der Waals surface area contributed by atoms with Gasteiger partial charge in [-0.25, -0.2) is 0 Å². The second-order valence-corrected chi connectivity index (χ2v) is 9.13. The molecule has 0 aliphatic carbocycles. The third-order valence-electron chi connectivity index (χ3n) is 5.20. The largest absolute Gasteiger partial charge is 0.345 e. The second-order valence-electron chi connectivity index (χ2n) is 8.27. The number of hydrogen-bond donors (Lipinski definition) is 0. The van der Waals surface area contributed by atoms with Crippen molar-refractivity contribution in [2.24, 2.45) is 5.41 Å². The number of hydrogen-bond acceptors (Lipinski definition) is 1. The van der Waals surface area contributed by atoms with E-state index in [1.807, 2.05) is 0 Å². The molecular formula is C23H28BrN. The lowest BCUT2D eigenvalue weighted by Crippen LogP contribution is -2.34. The smallest absolute Gasteiger partial charge is 0.0588 e. The minimum Gasteiger partial charge on any atom is -0.345 e. The van der Waals surface area contributed by atoms with Gasteiger partial charge in [-0.05, 0) is 69.8 Å². The third kappa shape index (κ3) is 3.84. The molecule has 2 heteroatoms. The summed E-state index contributed by atoms with van der Waals surface area (Å²) < 4.78 is 1.19. The molecule has 0 radical (unpaired) electrons. The zero-order valence-electron chi connectivity index (χ0n) is 15.8. The van der Waals surface area contributed by atoms with Gasteiger partial charge in [0.25, 0.3) is 0 Å². The van der Waals surface area contributed by atoms with Crippen LogP contribution in [0.5, 0.6) is 0 Å². The van der Waals surface area contributed by atoms with Gasteiger partial charge in [-0.2, -0.15) is 0 Å². The predicted octanol–water partition coefficient (Wildman–Crippen LogP) is 6.91. The average Bonchev–Trinajstić information content (AvgIpc) is 2.53. The van der Waals surface area contributed by atoms with Crippen molar-refractivity contribution >= 4 is 21.6 Å². The molecule has 1 unspecified atom stereocenters. The van der Waals surface area contributed by atoms with Gasteiger partial charge in [0.15, 0.2) is 0 Å². The van der Waals surface area contributed by atoms with Crippen LogP contribution >= 0.6 is 15.9 Å². The number of benzene rings is 2. The van der Waals surface area contributed by atoms with E-state index in [1.165, 1.54) is 33.3 Å². The lowest BCUT2D eigenvalue weighted by Gasteiger charge is -2.42. The first-order valence-corrected chi connectivity index (χ1v) is 9.86. The molecule has 2 aromatic carbocycles. The molecule has 1 nitrogen and oxygen atoms in total. The summed E-state index contributed by atoms with van der Waals surface area (Å²) in [5, 5.41) is 0.